The van der Waals surface area contributed by atoms with Gasteiger partial charge in [-0.3, -0.25) is 9.59 Å². The van der Waals surface area contributed by atoms with Crippen molar-refractivity contribution in [2.24, 2.45) is 11.8 Å². The molecule has 2 saturated carbocycles. The Hall–Kier alpha value is -2.23. The van der Waals surface area contributed by atoms with E-state index >= 15 is 0 Å². The zero-order valence-electron chi connectivity index (χ0n) is 23.4. The molecule has 2 N–H and O–H groups in total. The molecule has 0 spiro atoms. The SMILES string of the molecule is COC1CC(Nc2cc(C3CC3)cnc2C(=O)N(CC(C)C)[C@@H]2CNC[C@H](C(=O)N3CCOC[C@H]3C)C2)C1. The lowest BCUT2D eigenvalue weighted by molar-refractivity contribution is -0.144. The molecule has 9 nitrogen and oxygen atoms in total. The van der Waals surface area contributed by atoms with E-state index in [9.17, 15) is 9.59 Å². The van der Waals surface area contributed by atoms with Crippen molar-refractivity contribution in [3.63, 3.8) is 0 Å². The first kappa shape index (κ1) is 27.3. The third kappa shape index (κ3) is 6.15. The predicted octanol–water partition coefficient (Wildman–Crippen LogP) is 2.87. The average Bonchev–Trinajstić information content (AvgIpc) is 3.74. The van der Waals surface area contributed by atoms with Gasteiger partial charge in [0, 0.05) is 51.6 Å². The van der Waals surface area contributed by atoms with Gasteiger partial charge in [0.1, 0.15) is 0 Å². The molecule has 1 aromatic rings. The van der Waals surface area contributed by atoms with Gasteiger partial charge in [-0.15, -0.1) is 0 Å². The largest absolute Gasteiger partial charge is 0.381 e. The zero-order valence-corrected chi connectivity index (χ0v) is 23.4. The number of nitrogens with zero attached hydrogens (tertiary/aromatic N) is 3. The van der Waals surface area contributed by atoms with Crippen molar-refractivity contribution in [2.75, 3.05) is 51.8 Å². The van der Waals surface area contributed by atoms with Gasteiger partial charge in [-0.1, -0.05) is 13.8 Å². The molecular weight excluding hydrogens is 482 g/mol. The average molecular weight is 528 g/mol. The van der Waals surface area contributed by atoms with Gasteiger partial charge in [-0.05, 0) is 62.5 Å². The van der Waals surface area contributed by atoms with Crippen LogP contribution in [-0.4, -0.2) is 97.3 Å². The Balaban J connectivity index is 1.35. The number of piperidine rings is 1. The van der Waals surface area contributed by atoms with E-state index in [0.29, 0.717) is 63.3 Å². The molecule has 2 aliphatic carbocycles. The van der Waals surface area contributed by atoms with Crippen LogP contribution in [0.1, 0.15) is 74.8 Å². The Kier molecular flexibility index (Phi) is 8.55. The molecule has 3 heterocycles. The summed E-state index contributed by atoms with van der Waals surface area (Å²) in [4.78, 5) is 36.3. The third-order valence-electron chi connectivity index (χ3n) is 8.54. The molecule has 2 aliphatic heterocycles. The fraction of sp³-hybridized carbons (Fsp3) is 0.759. The number of pyridine rings is 1. The normalized spacial score (nSPS) is 29.6. The molecule has 9 heteroatoms. The summed E-state index contributed by atoms with van der Waals surface area (Å²) >= 11 is 0. The Morgan fingerprint density at radius 2 is 2.05 bits per heavy atom. The monoisotopic (exact) mass is 527 g/mol. The summed E-state index contributed by atoms with van der Waals surface area (Å²) in [5, 5.41) is 7.09. The first-order valence-electron chi connectivity index (χ1n) is 14.5. The van der Waals surface area contributed by atoms with Crippen LogP contribution < -0.4 is 10.6 Å². The maximum absolute atomic E-state index is 14.2. The fourth-order valence-corrected chi connectivity index (χ4v) is 6.06. The number of ether oxygens (including phenoxy) is 2. The summed E-state index contributed by atoms with van der Waals surface area (Å²) in [5.74, 6) is 0.822. The summed E-state index contributed by atoms with van der Waals surface area (Å²) in [5.41, 5.74) is 2.55. The number of carbonyl (C=O) groups excluding carboxylic acids is 2. The minimum absolute atomic E-state index is 0.0502. The van der Waals surface area contributed by atoms with Crippen molar-refractivity contribution < 1.29 is 19.1 Å². The number of hydrogen-bond donors (Lipinski definition) is 2. The van der Waals surface area contributed by atoms with Gasteiger partial charge in [0.05, 0.1) is 37.0 Å². The van der Waals surface area contributed by atoms with Gasteiger partial charge in [-0.25, -0.2) is 4.98 Å². The number of methoxy groups -OCH3 is 1. The number of rotatable bonds is 9. The first-order valence-corrected chi connectivity index (χ1v) is 14.5. The van der Waals surface area contributed by atoms with E-state index in [1.54, 1.807) is 7.11 Å². The topological polar surface area (TPSA) is 96.0 Å². The van der Waals surface area contributed by atoms with Gasteiger partial charge in [0.15, 0.2) is 5.69 Å². The number of amides is 2. The zero-order chi connectivity index (χ0) is 26.8. The lowest BCUT2D eigenvalue weighted by Gasteiger charge is -2.41. The summed E-state index contributed by atoms with van der Waals surface area (Å²) in [7, 11) is 1.75. The van der Waals surface area contributed by atoms with E-state index in [2.05, 4.69) is 30.5 Å². The second-order valence-corrected chi connectivity index (χ2v) is 12.2. The second-order valence-electron chi connectivity index (χ2n) is 12.2. The van der Waals surface area contributed by atoms with Crippen LogP contribution >= 0.6 is 0 Å². The molecule has 0 radical (unpaired) electrons. The van der Waals surface area contributed by atoms with Crippen LogP contribution in [0.25, 0.3) is 0 Å². The number of aromatic nitrogens is 1. The quantitative estimate of drug-likeness (QED) is 0.510. The Labute approximate surface area is 227 Å². The molecule has 4 fully saturated rings. The maximum Gasteiger partial charge on any atom is 0.274 e. The molecule has 3 atom stereocenters. The van der Waals surface area contributed by atoms with Gasteiger partial charge in [-0.2, -0.15) is 0 Å². The fourth-order valence-electron chi connectivity index (χ4n) is 6.06. The highest BCUT2D eigenvalue weighted by atomic mass is 16.5. The Morgan fingerprint density at radius 3 is 2.74 bits per heavy atom. The molecule has 1 aromatic heterocycles. The molecule has 0 unspecified atom stereocenters. The molecule has 5 rings (SSSR count). The van der Waals surface area contributed by atoms with Gasteiger partial charge >= 0.3 is 0 Å². The summed E-state index contributed by atoms with van der Waals surface area (Å²) in [6.45, 7) is 10.1. The van der Waals surface area contributed by atoms with Crippen molar-refractivity contribution in [3.05, 3.63) is 23.5 Å². The highest BCUT2D eigenvalue weighted by molar-refractivity contribution is 5.98. The molecule has 0 aromatic carbocycles. The van der Waals surface area contributed by atoms with Gasteiger partial charge < -0.3 is 29.9 Å². The second kappa shape index (κ2) is 11.9. The van der Waals surface area contributed by atoms with Crippen LogP contribution in [0.3, 0.4) is 0 Å². The molecular formula is C29H45N5O4. The molecule has 4 aliphatic rings. The highest BCUT2D eigenvalue weighted by Gasteiger charge is 2.38. The van der Waals surface area contributed by atoms with Crippen molar-refractivity contribution in [1.29, 1.82) is 0 Å². The number of anilines is 1. The number of hydrogen-bond acceptors (Lipinski definition) is 7. The van der Waals surface area contributed by atoms with Crippen molar-refractivity contribution in [3.8, 4) is 0 Å². The number of nitrogens with one attached hydrogen (secondary N) is 2. The molecule has 0 bridgehead atoms. The van der Waals surface area contributed by atoms with Gasteiger partial charge in [0.25, 0.3) is 5.91 Å². The number of carbonyl (C=O) groups is 2. The predicted molar refractivity (Wildman–Crippen MR) is 146 cm³/mol. The van der Waals surface area contributed by atoms with E-state index in [0.717, 1.165) is 18.5 Å². The standard InChI is InChI=1S/C29H45N5O4/c1-18(2)16-34(24-9-22(13-30-15-24)28(35)33-7-8-38-17-19(33)3)29(36)27-26(32-23-11-25(12-23)37-4)10-21(14-31-27)20-5-6-20/h10,14,18-20,22-25,30,32H,5-9,11-13,15-17H2,1-4H3/t19-,22-,23?,24+,25?/m1/s1. The van der Waals surface area contributed by atoms with Crippen LogP contribution in [0.15, 0.2) is 12.3 Å². The summed E-state index contributed by atoms with van der Waals surface area (Å²) in [6, 6.07) is 2.45. The smallest absolute Gasteiger partial charge is 0.274 e. The molecule has 2 amide bonds. The van der Waals surface area contributed by atoms with E-state index in [1.165, 1.54) is 18.4 Å². The van der Waals surface area contributed by atoms with Crippen LogP contribution in [-0.2, 0) is 14.3 Å². The van der Waals surface area contributed by atoms with Crippen molar-refractivity contribution in [2.45, 2.75) is 83.0 Å². The lowest BCUT2D eigenvalue weighted by atomic mass is 9.89. The van der Waals surface area contributed by atoms with Crippen LogP contribution in [0, 0.1) is 11.8 Å². The molecule has 38 heavy (non-hydrogen) atoms. The highest BCUT2D eigenvalue weighted by Crippen LogP contribution is 2.41. The Bertz CT molecular complexity index is 993. The minimum atomic E-state index is -0.152. The number of morpholine rings is 1. The van der Waals surface area contributed by atoms with E-state index in [-0.39, 0.29) is 42.0 Å². The van der Waals surface area contributed by atoms with Crippen molar-refractivity contribution in [1.82, 2.24) is 20.1 Å². The van der Waals surface area contributed by atoms with E-state index < -0.39 is 0 Å². The molecule has 210 valence electrons. The van der Waals surface area contributed by atoms with Crippen molar-refractivity contribution >= 4 is 17.5 Å². The Morgan fingerprint density at radius 1 is 1.26 bits per heavy atom. The van der Waals surface area contributed by atoms with Crippen LogP contribution in [0.4, 0.5) is 5.69 Å². The lowest BCUT2D eigenvalue weighted by Crippen LogP contribution is -2.57. The summed E-state index contributed by atoms with van der Waals surface area (Å²) in [6.07, 6.45) is 7.08. The summed E-state index contributed by atoms with van der Waals surface area (Å²) < 4.78 is 11.0. The first-order chi connectivity index (χ1) is 18.3. The van der Waals surface area contributed by atoms with E-state index in [1.807, 2.05) is 22.9 Å². The van der Waals surface area contributed by atoms with Crippen LogP contribution in [0.2, 0.25) is 0 Å². The minimum Gasteiger partial charge on any atom is -0.381 e. The molecule has 2 saturated heterocycles. The maximum atomic E-state index is 14.2. The third-order valence-corrected chi connectivity index (χ3v) is 8.54. The van der Waals surface area contributed by atoms with Crippen LogP contribution in [0.5, 0.6) is 0 Å². The van der Waals surface area contributed by atoms with E-state index in [4.69, 9.17) is 14.5 Å². The van der Waals surface area contributed by atoms with Gasteiger partial charge in [0.2, 0.25) is 5.91 Å².